The van der Waals surface area contributed by atoms with Crippen LogP contribution >= 0.6 is 0 Å². The Morgan fingerprint density at radius 3 is 2.57 bits per heavy atom. The second-order valence-corrected chi connectivity index (χ2v) is 9.99. The number of fused-ring (bicyclic) bond motifs is 5. The van der Waals surface area contributed by atoms with Crippen molar-refractivity contribution in [3.05, 3.63) is 0 Å². The van der Waals surface area contributed by atoms with Crippen LogP contribution in [0.5, 0.6) is 0 Å². The SMILES string of the molecule is C[C@@H]1CC[C@@]2(C)[C@@H](CC[C@@H]3[C@@H]2[C@@H](O)C[C@]2(C)[C@@H](C#N)CC[C@@H]32)C1. The van der Waals surface area contributed by atoms with Crippen molar-refractivity contribution < 1.29 is 5.11 Å². The van der Waals surface area contributed by atoms with Gasteiger partial charge in [0.05, 0.1) is 18.1 Å². The second-order valence-electron chi connectivity index (χ2n) is 9.99. The van der Waals surface area contributed by atoms with Crippen LogP contribution in [0.4, 0.5) is 0 Å². The Labute approximate surface area is 141 Å². The number of hydrogen-bond acceptors (Lipinski definition) is 2. The van der Waals surface area contributed by atoms with Gasteiger partial charge in [-0.25, -0.2) is 0 Å². The van der Waals surface area contributed by atoms with Crippen LogP contribution in [-0.2, 0) is 0 Å². The van der Waals surface area contributed by atoms with Crippen LogP contribution < -0.4 is 0 Å². The molecule has 0 aliphatic heterocycles. The van der Waals surface area contributed by atoms with Gasteiger partial charge < -0.3 is 5.11 Å². The molecule has 0 saturated heterocycles. The molecule has 4 aliphatic rings. The number of hydrogen-bond donors (Lipinski definition) is 1. The molecule has 23 heavy (non-hydrogen) atoms. The molecule has 0 radical (unpaired) electrons. The van der Waals surface area contributed by atoms with E-state index in [0.717, 1.165) is 24.7 Å². The smallest absolute Gasteiger partial charge is 0.0661 e. The lowest BCUT2D eigenvalue weighted by atomic mass is 9.43. The summed E-state index contributed by atoms with van der Waals surface area (Å²) < 4.78 is 0. The zero-order valence-electron chi connectivity index (χ0n) is 15.1. The molecule has 0 spiro atoms. The Bertz CT molecular complexity index is 524. The first-order chi connectivity index (χ1) is 10.9. The van der Waals surface area contributed by atoms with Crippen molar-refractivity contribution in [1.29, 1.82) is 5.26 Å². The Morgan fingerprint density at radius 2 is 1.83 bits per heavy atom. The third kappa shape index (κ3) is 2.08. The summed E-state index contributed by atoms with van der Waals surface area (Å²) in [5.41, 5.74) is 0.418. The highest BCUT2D eigenvalue weighted by molar-refractivity contribution is 5.14. The van der Waals surface area contributed by atoms with Crippen LogP contribution in [-0.4, -0.2) is 11.2 Å². The molecule has 0 bridgehead atoms. The summed E-state index contributed by atoms with van der Waals surface area (Å²) in [6.07, 6.45) is 9.64. The summed E-state index contributed by atoms with van der Waals surface area (Å²) in [7, 11) is 0. The van der Waals surface area contributed by atoms with Crippen molar-refractivity contribution >= 4 is 0 Å². The molecule has 0 aromatic heterocycles. The first-order valence-electron chi connectivity index (χ1n) is 9.98. The predicted octanol–water partition coefficient (Wildman–Crippen LogP) is 4.78. The quantitative estimate of drug-likeness (QED) is 0.699. The Balaban J connectivity index is 1.68. The van der Waals surface area contributed by atoms with Gasteiger partial charge in [0.2, 0.25) is 0 Å². The topological polar surface area (TPSA) is 44.0 Å². The molecule has 1 N–H and O–H groups in total. The van der Waals surface area contributed by atoms with Gasteiger partial charge in [0.1, 0.15) is 0 Å². The minimum atomic E-state index is -0.184. The Kier molecular flexibility index (Phi) is 3.62. The molecule has 0 heterocycles. The molecule has 4 fully saturated rings. The van der Waals surface area contributed by atoms with Crippen LogP contribution in [0.2, 0.25) is 0 Å². The monoisotopic (exact) mass is 315 g/mol. The van der Waals surface area contributed by atoms with E-state index < -0.39 is 0 Å². The fourth-order valence-corrected chi connectivity index (χ4v) is 7.81. The molecule has 128 valence electrons. The molecule has 4 rings (SSSR count). The van der Waals surface area contributed by atoms with Crippen molar-refractivity contribution in [1.82, 2.24) is 0 Å². The first kappa shape index (κ1) is 15.9. The van der Waals surface area contributed by atoms with E-state index in [0.29, 0.717) is 23.2 Å². The zero-order valence-corrected chi connectivity index (χ0v) is 15.1. The minimum Gasteiger partial charge on any atom is -0.393 e. The zero-order chi connectivity index (χ0) is 16.4. The lowest BCUT2D eigenvalue weighted by Gasteiger charge is -2.62. The maximum Gasteiger partial charge on any atom is 0.0661 e. The van der Waals surface area contributed by atoms with E-state index in [1.165, 1.54) is 38.5 Å². The molecule has 0 aromatic carbocycles. The number of nitriles is 1. The normalized spacial score (nSPS) is 58.7. The van der Waals surface area contributed by atoms with Crippen molar-refractivity contribution in [2.24, 2.45) is 46.3 Å². The Morgan fingerprint density at radius 1 is 1.04 bits per heavy atom. The molecular weight excluding hydrogens is 282 g/mol. The summed E-state index contributed by atoms with van der Waals surface area (Å²) in [4.78, 5) is 0. The van der Waals surface area contributed by atoms with Gasteiger partial charge in [-0.05, 0) is 85.4 Å². The molecular formula is C21H33NO. The highest BCUT2D eigenvalue weighted by Crippen LogP contribution is 2.67. The van der Waals surface area contributed by atoms with E-state index in [2.05, 4.69) is 26.8 Å². The molecule has 2 heteroatoms. The number of nitrogens with zero attached hydrogens (tertiary/aromatic N) is 1. The minimum absolute atomic E-state index is 0.0699. The van der Waals surface area contributed by atoms with Gasteiger partial charge in [-0.1, -0.05) is 27.2 Å². The number of aliphatic hydroxyl groups excluding tert-OH is 1. The maximum absolute atomic E-state index is 11.2. The fraction of sp³-hybridized carbons (Fsp3) is 0.952. The third-order valence-corrected chi connectivity index (χ3v) is 9.01. The van der Waals surface area contributed by atoms with Crippen LogP contribution in [0.15, 0.2) is 0 Å². The van der Waals surface area contributed by atoms with Crippen LogP contribution in [0.1, 0.15) is 72.1 Å². The second kappa shape index (κ2) is 5.22. The molecule has 4 aliphatic carbocycles. The summed E-state index contributed by atoms with van der Waals surface area (Å²) >= 11 is 0. The fourth-order valence-electron chi connectivity index (χ4n) is 7.81. The van der Waals surface area contributed by atoms with Gasteiger partial charge in [-0.2, -0.15) is 5.26 Å². The van der Waals surface area contributed by atoms with Crippen molar-refractivity contribution in [2.75, 3.05) is 0 Å². The predicted molar refractivity (Wildman–Crippen MR) is 91.4 cm³/mol. The van der Waals surface area contributed by atoms with E-state index in [4.69, 9.17) is 0 Å². The van der Waals surface area contributed by atoms with Gasteiger partial charge in [-0.3, -0.25) is 0 Å². The lowest BCUT2D eigenvalue weighted by molar-refractivity contribution is -0.169. The highest BCUT2D eigenvalue weighted by Gasteiger charge is 2.62. The molecule has 4 saturated carbocycles. The molecule has 0 unspecified atom stereocenters. The highest BCUT2D eigenvalue weighted by atomic mass is 16.3. The molecule has 0 amide bonds. The number of rotatable bonds is 0. The summed E-state index contributed by atoms with van der Waals surface area (Å²) in [5.74, 6) is 3.68. The molecule has 0 aromatic rings. The standard InChI is InChI=1S/C21H33NO/c1-13-8-9-20(2)14(10-13)4-6-16-17-7-5-15(12-22)21(17,3)11-18(23)19(16)20/h13-19,23H,4-11H2,1-3H3/t13-,14+,15-,16+,17+,18+,19-,20+,21-/m1/s1. The molecule has 2 nitrogen and oxygen atoms in total. The van der Waals surface area contributed by atoms with E-state index in [1.54, 1.807) is 0 Å². The largest absolute Gasteiger partial charge is 0.393 e. The van der Waals surface area contributed by atoms with Gasteiger partial charge in [-0.15, -0.1) is 0 Å². The number of aliphatic hydroxyl groups is 1. The third-order valence-electron chi connectivity index (χ3n) is 9.01. The van der Waals surface area contributed by atoms with Crippen molar-refractivity contribution in [3.63, 3.8) is 0 Å². The van der Waals surface area contributed by atoms with Crippen LogP contribution in [0.25, 0.3) is 0 Å². The van der Waals surface area contributed by atoms with Crippen LogP contribution in [0.3, 0.4) is 0 Å². The van der Waals surface area contributed by atoms with Crippen LogP contribution in [0, 0.1) is 57.7 Å². The summed E-state index contributed by atoms with van der Waals surface area (Å²) in [6, 6.07) is 2.58. The van der Waals surface area contributed by atoms with Gasteiger partial charge in [0.15, 0.2) is 0 Å². The van der Waals surface area contributed by atoms with E-state index in [1.807, 2.05) is 0 Å². The van der Waals surface area contributed by atoms with Gasteiger partial charge in [0, 0.05) is 0 Å². The van der Waals surface area contributed by atoms with E-state index >= 15 is 0 Å². The van der Waals surface area contributed by atoms with Crippen molar-refractivity contribution in [3.8, 4) is 6.07 Å². The maximum atomic E-state index is 11.2. The average molecular weight is 316 g/mol. The molecule has 9 atom stereocenters. The van der Waals surface area contributed by atoms with Crippen molar-refractivity contribution in [2.45, 2.75) is 78.2 Å². The lowest BCUT2D eigenvalue weighted by Crippen LogP contribution is -2.58. The summed E-state index contributed by atoms with van der Waals surface area (Å²) in [6.45, 7) is 7.23. The first-order valence-corrected chi connectivity index (χ1v) is 9.98. The van der Waals surface area contributed by atoms with Gasteiger partial charge >= 0.3 is 0 Å². The van der Waals surface area contributed by atoms with E-state index in [-0.39, 0.29) is 17.4 Å². The van der Waals surface area contributed by atoms with Gasteiger partial charge in [0.25, 0.3) is 0 Å². The Hall–Kier alpha value is -0.550. The average Bonchev–Trinajstić information content (AvgIpc) is 2.83. The summed E-state index contributed by atoms with van der Waals surface area (Å²) in [5, 5.41) is 20.8. The van der Waals surface area contributed by atoms with E-state index in [9.17, 15) is 10.4 Å².